The molecule has 0 saturated heterocycles. The number of fused-ring (bicyclic) bond motifs is 1. The molecule has 0 amide bonds. The van der Waals surface area contributed by atoms with E-state index >= 15 is 0 Å². The fraction of sp³-hybridized carbons (Fsp3) is 0. The minimum absolute atomic E-state index is 0.0414. The van der Waals surface area contributed by atoms with E-state index in [0.717, 1.165) is 21.2 Å². The van der Waals surface area contributed by atoms with Gasteiger partial charge in [-0.3, -0.25) is 0 Å². The van der Waals surface area contributed by atoms with Gasteiger partial charge in [-0.2, -0.15) is 0 Å². The zero-order valence-electron chi connectivity index (χ0n) is 11.0. The Morgan fingerprint density at radius 3 is 2.48 bits per heavy atom. The van der Waals surface area contributed by atoms with Crippen LogP contribution in [-0.4, -0.2) is 28.1 Å². The van der Waals surface area contributed by atoms with E-state index in [4.69, 9.17) is 0 Å². The summed E-state index contributed by atoms with van der Waals surface area (Å²) in [5.41, 5.74) is 1.01. The van der Waals surface area contributed by atoms with Crippen LogP contribution in [0.3, 0.4) is 0 Å². The average molecular weight is 340 g/mol. The number of para-hydroxylation sites is 1. The topological polar surface area (TPSA) is 39.8 Å². The summed E-state index contributed by atoms with van der Waals surface area (Å²) in [5.74, 6) is 0.822. The molecule has 0 N–H and O–H groups in total. The first-order valence-corrected chi connectivity index (χ1v) is 8.18. The Hall–Kier alpha value is -2.36. The first-order chi connectivity index (χ1) is 10.3. The molecule has 2 aromatic heterocycles. The Morgan fingerprint density at radius 2 is 1.67 bits per heavy atom. The van der Waals surface area contributed by atoms with E-state index in [1.165, 1.54) is 0 Å². The van der Waals surface area contributed by atoms with Crippen LogP contribution in [0.1, 0.15) is 0 Å². The Labute approximate surface area is 126 Å². The summed E-state index contributed by atoms with van der Waals surface area (Å²) in [7, 11) is 0. The summed E-state index contributed by atoms with van der Waals surface area (Å²) in [4.78, 5) is 12.6. The second kappa shape index (κ2) is 4.88. The van der Waals surface area contributed by atoms with E-state index in [-0.39, 0.29) is 20.3 Å². The molecule has 0 radical (unpaired) electrons. The second-order valence-electron chi connectivity index (χ2n) is 4.62. The van der Waals surface area contributed by atoms with Gasteiger partial charge < -0.3 is 0 Å². The van der Waals surface area contributed by atoms with Crippen LogP contribution < -0.4 is 5.56 Å². The fourth-order valence-corrected chi connectivity index (χ4v) is 4.45. The number of hydrogen-bond donors (Lipinski definition) is 0. The van der Waals surface area contributed by atoms with Crippen LogP contribution in [0.15, 0.2) is 71.7 Å². The van der Waals surface area contributed by atoms with Crippen molar-refractivity contribution in [2.75, 3.05) is 0 Å². The predicted molar refractivity (Wildman–Crippen MR) is 83.6 cm³/mol. The zero-order valence-corrected chi connectivity index (χ0v) is 12.7. The van der Waals surface area contributed by atoms with Gasteiger partial charge in [-0.25, -0.2) is 0 Å². The Kier molecular flexibility index (Phi) is 2.88. The molecule has 0 aliphatic carbocycles. The molecule has 4 nitrogen and oxygen atoms in total. The summed E-state index contributed by atoms with van der Waals surface area (Å²) < 4.78 is 4.76. The maximum absolute atomic E-state index is 12.6. The number of rotatable bonds is 2. The summed E-state index contributed by atoms with van der Waals surface area (Å²) in [6.07, 6.45) is 1.73. The van der Waals surface area contributed by atoms with Crippen LogP contribution in [0, 0.1) is 0 Å². The van der Waals surface area contributed by atoms with Gasteiger partial charge in [-0.15, -0.1) is 0 Å². The van der Waals surface area contributed by atoms with Crippen molar-refractivity contribution in [2.45, 2.75) is 0 Å². The molecule has 0 spiro atoms. The predicted octanol–water partition coefficient (Wildman–Crippen LogP) is 2.23. The molecule has 4 aromatic rings. The van der Waals surface area contributed by atoms with E-state index in [0.29, 0.717) is 0 Å². The number of hydrogen-bond acceptors (Lipinski definition) is 2. The molecule has 0 unspecified atom stereocenters. The SMILES string of the molecule is O=c1c2ccccc2[se]n1-c1ccnn1-c1ccccc1. The monoisotopic (exact) mass is 341 g/mol. The van der Waals surface area contributed by atoms with Crippen molar-refractivity contribution in [1.82, 2.24) is 13.3 Å². The first-order valence-electron chi connectivity index (χ1n) is 6.55. The van der Waals surface area contributed by atoms with Gasteiger partial charge in [-0.05, 0) is 0 Å². The Balaban J connectivity index is 1.97. The second-order valence-corrected chi connectivity index (χ2v) is 6.70. The molecule has 0 atom stereocenters. The first kappa shape index (κ1) is 12.4. The van der Waals surface area contributed by atoms with Gasteiger partial charge in [-0.1, -0.05) is 0 Å². The number of nitrogens with zero attached hydrogens (tertiary/aromatic N) is 3. The minimum atomic E-state index is -0.0414. The quantitative estimate of drug-likeness (QED) is 0.525. The van der Waals surface area contributed by atoms with Gasteiger partial charge in [0.05, 0.1) is 0 Å². The van der Waals surface area contributed by atoms with Crippen molar-refractivity contribution in [1.29, 1.82) is 0 Å². The average Bonchev–Trinajstić information content (AvgIpc) is 3.13. The van der Waals surface area contributed by atoms with Crippen molar-refractivity contribution >= 4 is 24.4 Å². The van der Waals surface area contributed by atoms with Crippen molar-refractivity contribution in [3.63, 3.8) is 0 Å². The summed E-state index contributed by atoms with van der Waals surface area (Å²) in [6.45, 7) is 0. The van der Waals surface area contributed by atoms with Crippen molar-refractivity contribution in [3.05, 3.63) is 77.2 Å². The molecule has 0 saturated carbocycles. The normalized spacial score (nSPS) is 11.0. The van der Waals surface area contributed by atoms with Crippen LogP contribution in [0.5, 0.6) is 0 Å². The van der Waals surface area contributed by atoms with E-state index in [1.807, 2.05) is 68.9 Å². The summed E-state index contributed by atoms with van der Waals surface area (Å²) in [5, 5.41) is 5.17. The van der Waals surface area contributed by atoms with Gasteiger partial charge in [0, 0.05) is 0 Å². The van der Waals surface area contributed by atoms with Gasteiger partial charge >= 0.3 is 126 Å². The molecule has 0 fully saturated rings. The molecule has 0 aliphatic rings. The van der Waals surface area contributed by atoms with E-state index in [9.17, 15) is 4.79 Å². The third-order valence-corrected chi connectivity index (χ3v) is 5.61. The van der Waals surface area contributed by atoms with Gasteiger partial charge in [0.25, 0.3) is 0 Å². The van der Waals surface area contributed by atoms with Gasteiger partial charge in [0.15, 0.2) is 0 Å². The molecule has 0 aliphatic heterocycles. The van der Waals surface area contributed by atoms with Crippen LogP contribution >= 0.6 is 0 Å². The third kappa shape index (κ3) is 1.98. The van der Waals surface area contributed by atoms with Crippen LogP contribution in [0.2, 0.25) is 0 Å². The van der Waals surface area contributed by atoms with Crippen molar-refractivity contribution in [2.24, 2.45) is 0 Å². The van der Waals surface area contributed by atoms with Crippen molar-refractivity contribution < 1.29 is 0 Å². The molecule has 2 aromatic carbocycles. The van der Waals surface area contributed by atoms with Gasteiger partial charge in [0.1, 0.15) is 0 Å². The molecular weight excluding hydrogens is 329 g/mol. The standard InChI is InChI=1S/C16H11N3OSe/c20-16-13-8-4-5-9-14(13)21-19(16)15-10-11-17-18(15)12-6-2-1-3-7-12/h1-11H. The molecule has 5 heteroatoms. The number of aromatic nitrogens is 3. The zero-order chi connectivity index (χ0) is 14.2. The molecule has 2 heterocycles. The maximum atomic E-state index is 12.6. The molecular formula is C16H11N3OSe. The van der Waals surface area contributed by atoms with Crippen LogP contribution in [-0.2, 0) is 0 Å². The van der Waals surface area contributed by atoms with Crippen molar-refractivity contribution in [3.8, 4) is 11.5 Å². The molecule has 0 bridgehead atoms. The van der Waals surface area contributed by atoms with Crippen LogP contribution in [0.25, 0.3) is 21.2 Å². The number of benzene rings is 2. The summed E-state index contributed by atoms with van der Waals surface area (Å²) >= 11 is -0.0414. The van der Waals surface area contributed by atoms with E-state index < -0.39 is 0 Å². The molecule has 102 valence electrons. The van der Waals surface area contributed by atoms with E-state index in [1.54, 1.807) is 6.20 Å². The van der Waals surface area contributed by atoms with Crippen LogP contribution in [0.4, 0.5) is 0 Å². The van der Waals surface area contributed by atoms with E-state index in [2.05, 4.69) is 5.10 Å². The fourth-order valence-electron chi connectivity index (χ4n) is 2.34. The third-order valence-electron chi connectivity index (χ3n) is 3.32. The summed E-state index contributed by atoms with van der Waals surface area (Å²) in [6, 6.07) is 19.6. The molecule has 4 rings (SSSR count). The van der Waals surface area contributed by atoms with Gasteiger partial charge in [0.2, 0.25) is 0 Å². The molecule has 21 heavy (non-hydrogen) atoms. The Bertz CT molecular complexity index is 966. The Morgan fingerprint density at radius 1 is 0.905 bits per heavy atom.